The molecule has 0 aliphatic heterocycles. The zero-order chi connectivity index (χ0) is 30.9. The summed E-state index contributed by atoms with van der Waals surface area (Å²) in [7, 11) is 0. The van der Waals surface area contributed by atoms with Gasteiger partial charge < -0.3 is 9.40 Å². The number of pyridine rings is 1. The van der Waals surface area contributed by atoms with Crippen LogP contribution in [0.2, 0.25) is 0 Å². The van der Waals surface area contributed by atoms with Crippen molar-refractivity contribution in [3.63, 3.8) is 0 Å². The minimum atomic E-state index is 0. The Morgan fingerprint density at radius 3 is 2.36 bits per heavy atom. The van der Waals surface area contributed by atoms with E-state index < -0.39 is 0 Å². The first-order chi connectivity index (χ1) is 22.8. The number of thiophene rings is 1. The van der Waals surface area contributed by atoms with Crippen molar-refractivity contribution in [1.29, 1.82) is 5.26 Å². The summed E-state index contributed by atoms with van der Waals surface area (Å²) in [6.07, 6.45) is 1.81. The molecule has 47 heavy (non-hydrogen) atoms. The van der Waals surface area contributed by atoms with Gasteiger partial charge >= 0.3 is 0 Å². The van der Waals surface area contributed by atoms with Crippen LogP contribution >= 0.6 is 11.3 Å². The standard InChI is InChI=1S/C28H15N2S.C13H8NO.Ir/c29-17-18-12-13-21-20(16-18)14-15-30-26(21)25-11-5-10-24-23-9-4-8-22(27(23)31-28(24)25)19-6-2-1-3-7-19;1-2-6-10(7-3-1)13-14-11-8-4-5-9-12(11)15-13;/h1-10,12-16H;1-6,8-9H;/q2*-1;. The summed E-state index contributed by atoms with van der Waals surface area (Å²) in [6.45, 7) is 0. The summed E-state index contributed by atoms with van der Waals surface area (Å²) in [5, 5.41) is 13.8. The Morgan fingerprint density at radius 1 is 0.702 bits per heavy atom. The van der Waals surface area contributed by atoms with Gasteiger partial charge in [-0.3, -0.25) is 4.98 Å². The van der Waals surface area contributed by atoms with Crippen molar-refractivity contribution < 1.29 is 24.5 Å². The van der Waals surface area contributed by atoms with Crippen LogP contribution in [0.4, 0.5) is 0 Å². The molecule has 0 atom stereocenters. The second-order valence-electron chi connectivity index (χ2n) is 10.7. The molecule has 9 aromatic rings. The van der Waals surface area contributed by atoms with Gasteiger partial charge in [0.05, 0.1) is 17.1 Å². The zero-order valence-electron chi connectivity index (χ0n) is 24.8. The van der Waals surface area contributed by atoms with E-state index >= 15 is 0 Å². The molecule has 0 aliphatic carbocycles. The molecule has 3 heterocycles. The summed E-state index contributed by atoms with van der Waals surface area (Å²) in [6, 6.07) is 53.0. The van der Waals surface area contributed by atoms with Crippen molar-refractivity contribution in [1.82, 2.24) is 9.97 Å². The van der Waals surface area contributed by atoms with Crippen LogP contribution in [0.25, 0.3) is 75.9 Å². The van der Waals surface area contributed by atoms with Crippen LogP contribution < -0.4 is 0 Å². The maximum absolute atomic E-state index is 9.26. The molecule has 0 saturated heterocycles. The predicted octanol–water partition coefficient (Wildman–Crippen LogP) is 10.9. The van der Waals surface area contributed by atoms with Crippen LogP contribution in [0.15, 0.2) is 144 Å². The Kier molecular flexibility index (Phi) is 8.44. The average molecular weight is 798 g/mol. The number of hydrogen-bond acceptors (Lipinski definition) is 5. The number of benzene rings is 6. The SMILES string of the molecule is N#Cc1ccc2c(-c3[c-]ccc4c3sc3c(-c5ccccc5)cccc34)nccc2c1.[Ir].[c-]1ccccc1-c1nc2ccccc2o1. The summed E-state index contributed by atoms with van der Waals surface area (Å²) in [4.78, 5) is 9.11. The van der Waals surface area contributed by atoms with Gasteiger partial charge in [-0.15, -0.1) is 54.1 Å². The van der Waals surface area contributed by atoms with Crippen molar-refractivity contribution in [2.75, 3.05) is 0 Å². The molecule has 0 saturated carbocycles. The number of hydrogen-bond donors (Lipinski definition) is 0. The Bertz CT molecular complexity index is 2520. The van der Waals surface area contributed by atoms with Crippen LogP contribution in [-0.2, 0) is 20.1 Å². The van der Waals surface area contributed by atoms with Crippen molar-refractivity contribution >= 4 is 53.4 Å². The molecular weight excluding hydrogens is 775 g/mol. The van der Waals surface area contributed by atoms with E-state index in [4.69, 9.17) is 9.40 Å². The Hall–Kier alpha value is -5.44. The Balaban J connectivity index is 0.000000184. The molecule has 0 spiro atoms. The molecule has 3 aromatic heterocycles. The van der Waals surface area contributed by atoms with Crippen LogP contribution in [-0.4, -0.2) is 9.97 Å². The van der Waals surface area contributed by atoms with E-state index in [-0.39, 0.29) is 20.1 Å². The molecule has 6 aromatic carbocycles. The summed E-state index contributed by atoms with van der Waals surface area (Å²) >= 11 is 1.80. The largest absolute Gasteiger partial charge is 0.481 e. The van der Waals surface area contributed by atoms with Gasteiger partial charge in [-0.1, -0.05) is 77.7 Å². The minimum absolute atomic E-state index is 0. The minimum Gasteiger partial charge on any atom is -0.481 e. The number of fused-ring (bicyclic) bond motifs is 5. The van der Waals surface area contributed by atoms with E-state index in [0.717, 1.165) is 38.7 Å². The first-order valence-corrected chi connectivity index (χ1v) is 15.6. The van der Waals surface area contributed by atoms with Gasteiger partial charge in [-0.2, -0.15) is 16.6 Å². The smallest absolute Gasteiger partial charge is 0.141 e. The van der Waals surface area contributed by atoms with Gasteiger partial charge in [0, 0.05) is 31.0 Å². The normalized spacial score (nSPS) is 10.8. The number of rotatable bonds is 3. The van der Waals surface area contributed by atoms with Crippen LogP contribution in [0.3, 0.4) is 0 Å². The Labute approximate surface area is 289 Å². The van der Waals surface area contributed by atoms with E-state index in [9.17, 15) is 5.26 Å². The van der Waals surface area contributed by atoms with Gasteiger partial charge in [0.25, 0.3) is 0 Å². The topological polar surface area (TPSA) is 62.7 Å². The maximum atomic E-state index is 9.26. The van der Waals surface area contributed by atoms with Crippen molar-refractivity contribution in [2.45, 2.75) is 0 Å². The van der Waals surface area contributed by atoms with E-state index in [0.29, 0.717) is 11.5 Å². The molecule has 0 bridgehead atoms. The fraction of sp³-hybridized carbons (Fsp3) is 0. The fourth-order valence-corrected chi connectivity index (χ4v) is 7.08. The molecule has 0 N–H and O–H groups in total. The predicted molar refractivity (Wildman–Crippen MR) is 187 cm³/mol. The molecule has 0 unspecified atom stereocenters. The zero-order valence-corrected chi connectivity index (χ0v) is 28.0. The number of aromatic nitrogens is 2. The quantitative estimate of drug-likeness (QED) is 0.167. The Morgan fingerprint density at radius 2 is 1.53 bits per heavy atom. The average Bonchev–Trinajstić information content (AvgIpc) is 3.74. The molecule has 9 rings (SSSR count). The number of nitriles is 1. The molecule has 1 radical (unpaired) electrons. The van der Waals surface area contributed by atoms with Gasteiger partial charge in [0.1, 0.15) is 11.5 Å². The van der Waals surface area contributed by atoms with Gasteiger partial charge in [-0.05, 0) is 68.0 Å². The van der Waals surface area contributed by atoms with Gasteiger partial charge in [-0.25, -0.2) is 0 Å². The van der Waals surface area contributed by atoms with Crippen LogP contribution in [0.1, 0.15) is 5.56 Å². The third-order valence-electron chi connectivity index (χ3n) is 7.91. The van der Waals surface area contributed by atoms with E-state index in [2.05, 4.69) is 71.7 Å². The van der Waals surface area contributed by atoms with Gasteiger partial charge in [0.2, 0.25) is 0 Å². The fourth-order valence-electron chi connectivity index (χ4n) is 5.74. The van der Waals surface area contributed by atoms with E-state index in [1.54, 1.807) is 11.3 Å². The molecule has 4 nitrogen and oxygen atoms in total. The number of oxazole rings is 1. The van der Waals surface area contributed by atoms with Crippen molar-refractivity contribution in [2.24, 2.45) is 0 Å². The third-order valence-corrected chi connectivity index (χ3v) is 9.18. The van der Waals surface area contributed by atoms with Crippen LogP contribution in [0, 0.1) is 23.5 Å². The molecule has 6 heteroatoms. The molecule has 225 valence electrons. The molecule has 0 aliphatic rings. The summed E-state index contributed by atoms with van der Waals surface area (Å²) < 4.78 is 8.07. The second kappa shape index (κ2) is 13.1. The third kappa shape index (κ3) is 5.73. The van der Waals surface area contributed by atoms with Crippen molar-refractivity contribution in [3.05, 3.63) is 157 Å². The molecule has 0 fully saturated rings. The second-order valence-corrected chi connectivity index (χ2v) is 11.7. The summed E-state index contributed by atoms with van der Waals surface area (Å²) in [5.74, 6) is 0.622. The number of para-hydroxylation sites is 2. The van der Waals surface area contributed by atoms with Crippen LogP contribution in [0.5, 0.6) is 0 Å². The van der Waals surface area contributed by atoms with Crippen molar-refractivity contribution in [3.8, 4) is 39.9 Å². The maximum Gasteiger partial charge on any atom is 0.141 e. The number of nitrogens with zero attached hydrogens (tertiary/aromatic N) is 3. The van der Waals surface area contributed by atoms with E-state index in [1.165, 1.54) is 31.3 Å². The first kappa shape index (κ1) is 30.2. The van der Waals surface area contributed by atoms with Gasteiger partial charge in [0.15, 0.2) is 0 Å². The summed E-state index contributed by atoms with van der Waals surface area (Å²) in [5.41, 5.74) is 7.60. The molecular formula is C41H23IrN3OS-2. The van der Waals surface area contributed by atoms with E-state index in [1.807, 2.05) is 91.1 Å². The molecule has 0 amide bonds. The monoisotopic (exact) mass is 798 g/mol. The first-order valence-electron chi connectivity index (χ1n) is 14.8.